The Kier molecular flexibility index (Phi) is 19.8. The van der Waals surface area contributed by atoms with E-state index in [1.165, 1.54) is 96.3 Å². The molecular weight excluding hydrogens is 262 g/mol. The minimum atomic E-state index is 0.606. The zero-order valence-corrected chi connectivity index (χ0v) is 14.4. The van der Waals surface area contributed by atoms with E-state index in [1.807, 2.05) is 0 Å². The van der Waals surface area contributed by atoms with Crippen LogP contribution in [-0.4, -0.2) is 11.8 Å². The summed E-state index contributed by atoms with van der Waals surface area (Å²) < 4.78 is 0. The van der Waals surface area contributed by atoms with Gasteiger partial charge in [-0.1, -0.05) is 109 Å². The van der Waals surface area contributed by atoms with Crippen LogP contribution in [0, 0.1) is 0 Å². The third-order valence-corrected chi connectivity index (χ3v) is 4.16. The molecule has 0 aromatic heterocycles. The molecule has 0 unspecified atom stereocenters. The van der Waals surface area contributed by atoms with Gasteiger partial charge in [-0.05, 0) is 6.42 Å². The van der Waals surface area contributed by atoms with Crippen LogP contribution in [0.15, 0.2) is 0 Å². The van der Waals surface area contributed by atoms with Crippen LogP contribution in [0.2, 0.25) is 0 Å². The SMILES string of the molecule is CCCCCCCCCCCCCCCCCCONO. The molecule has 0 aromatic carbocycles. The van der Waals surface area contributed by atoms with Gasteiger partial charge in [0.2, 0.25) is 0 Å². The number of hydrogen-bond acceptors (Lipinski definition) is 3. The Morgan fingerprint density at radius 1 is 0.571 bits per heavy atom. The van der Waals surface area contributed by atoms with Crippen molar-refractivity contribution < 1.29 is 10.0 Å². The van der Waals surface area contributed by atoms with E-state index >= 15 is 0 Å². The normalized spacial score (nSPS) is 11.1. The molecule has 3 heteroatoms. The molecule has 0 spiro atoms. The van der Waals surface area contributed by atoms with Gasteiger partial charge in [-0.25, -0.2) is 0 Å². The summed E-state index contributed by atoms with van der Waals surface area (Å²) in [7, 11) is 0. The van der Waals surface area contributed by atoms with E-state index in [4.69, 9.17) is 5.21 Å². The molecule has 0 rings (SSSR count). The van der Waals surface area contributed by atoms with E-state index in [0.717, 1.165) is 6.42 Å². The van der Waals surface area contributed by atoms with Crippen LogP contribution in [0.4, 0.5) is 0 Å². The van der Waals surface area contributed by atoms with Crippen molar-refractivity contribution in [3.8, 4) is 0 Å². The Bertz CT molecular complexity index is 159. The monoisotopic (exact) mass is 301 g/mol. The second kappa shape index (κ2) is 19.9. The highest BCUT2D eigenvalue weighted by molar-refractivity contribution is 4.49. The first kappa shape index (κ1) is 20.9. The van der Waals surface area contributed by atoms with Crippen LogP contribution < -0.4 is 5.64 Å². The van der Waals surface area contributed by atoms with Crippen molar-refractivity contribution in [1.82, 2.24) is 5.64 Å². The van der Waals surface area contributed by atoms with Crippen molar-refractivity contribution in [3.05, 3.63) is 0 Å². The molecule has 0 fully saturated rings. The van der Waals surface area contributed by atoms with Crippen LogP contribution in [0.1, 0.15) is 110 Å². The third kappa shape index (κ3) is 19.9. The fourth-order valence-corrected chi connectivity index (χ4v) is 2.77. The van der Waals surface area contributed by atoms with Crippen molar-refractivity contribution in [2.45, 2.75) is 110 Å². The van der Waals surface area contributed by atoms with Gasteiger partial charge in [0, 0.05) is 0 Å². The summed E-state index contributed by atoms with van der Waals surface area (Å²) in [6, 6.07) is 0. The van der Waals surface area contributed by atoms with Gasteiger partial charge in [-0.15, -0.1) is 0 Å². The predicted octanol–water partition coefficient (Wildman–Crippen LogP) is 6.16. The van der Waals surface area contributed by atoms with Crippen molar-refractivity contribution in [2.24, 2.45) is 0 Å². The summed E-state index contributed by atoms with van der Waals surface area (Å²) in [4.78, 5) is 4.66. The number of hydrogen-bond donors (Lipinski definition) is 2. The largest absolute Gasteiger partial charge is 0.292 e. The van der Waals surface area contributed by atoms with Gasteiger partial charge in [0.15, 0.2) is 0 Å². The van der Waals surface area contributed by atoms with Crippen LogP contribution >= 0.6 is 0 Å². The van der Waals surface area contributed by atoms with Crippen LogP contribution in [0.3, 0.4) is 0 Å². The Morgan fingerprint density at radius 2 is 0.905 bits per heavy atom. The molecule has 0 aliphatic rings. The number of nitrogens with one attached hydrogen (secondary N) is 1. The molecule has 0 amide bonds. The Balaban J connectivity index is 2.90. The molecule has 0 aliphatic carbocycles. The Labute approximate surface area is 132 Å². The maximum atomic E-state index is 8.22. The predicted molar refractivity (Wildman–Crippen MR) is 90.4 cm³/mol. The van der Waals surface area contributed by atoms with E-state index in [9.17, 15) is 0 Å². The van der Waals surface area contributed by atoms with Gasteiger partial charge in [0.25, 0.3) is 0 Å². The molecule has 0 aromatic rings. The van der Waals surface area contributed by atoms with E-state index in [0.29, 0.717) is 6.61 Å². The second-order valence-electron chi connectivity index (χ2n) is 6.24. The molecule has 0 aliphatic heterocycles. The van der Waals surface area contributed by atoms with Crippen molar-refractivity contribution in [3.63, 3.8) is 0 Å². The second-order valence-corrected chi connectivity index (χ2v) is 6.24. The summed E-state index contributed by atoms with van der Waals surface area (Å²) in [6.45, 7) is 2.89. The molecule has 21 heavy (non-hydrogen) atoms. The average molecular weight is 302 g/mol. The first-order valence-electron chi connectivity index (χ1n) is 9.42. The summed E-state index contributed by atoms with van der Waals surface area (Å²) >= 11 is 0. The molecule has 2 N–H and O–H groups in total. The maximum absolute atomic E-state index is 8.22. The lowest BCUT2D eigenvalue weighted by molar-refractivity contribution is -0.127. The van der Waals surface area contributed by atoms with Gasteiger partial charge in [0.05, 0.1) is 6.61 Å². The topological polar surface area (TPSA) is 41.5 Å². The summed E-state index contributed by atoms with van der Waals surface area (Å²) in [6.07, 6.45) is 22.0. The average Bonchev–Trinajstić information content (AvgIpc) is 2.50. The van der Waals surface area contributed by atoms with Crippen LogP contribution in [-0.2, 0) is 4.84 Å². The first-order chi connectivity index (χ1) is 10.4. The molecule has 0 heterocycles. The number of rotatable bonds is 18. The van der Waals surface area contributed by atoms with Crippen molar-refractivity contribution in [2.75, 3.05) is 6.61 Å². The molecular formula is C18H39NO2. The lowest BCUT2D eigenvalue weighted by Crippen LogP contribution is -2.08. The summed E-state index contributed by atoms with van der Waals surface area (Å²) in [5.74, 6) is 0. The third-order valence-electron chi connectivity index (χ3n) is 4.16. The van der Waals surface area contributed by atoms with Gasteiger partial charge in [-0.2, -0.15) is 0 Å². The standard InChI is InChI=1S/C18H39NO2/c1-2-3-4-5-6-7-8-9-10-11-12-13-14-15-16-17-18-21-19-20/h19-20H,2-18H2,1H3. The van der Waals surface area contributed by atoms with Crippen LogP contribution in [0.5, 0.6) is 0 Å². The van der Waals surface area contributed by atoms with Gasteiger partial charge in [0.1, 0.15) is 0 Å². The Hall–Kier alpha value is -0.120. The zero-order chi connectivity index (χ0) is 15.4. The molecule has 0 saturated heterocycles. The lowest BCUT2D eigenvalue weighted by Gasteiger charge is -2.03. The lowest BCUT2D eigenvalue weighted by atomic mass is 10.0. The molecule has 0 saturated carbocycles. The minimum Gasteiger partial charge on any atom is -0.292 e. The number of unbranched alkanes of at least 4 members (excludes halogenated alkanes) is 15. The molecule has 0 atom stereocenters. The minimum absolute atomic E-state index is 0.606. The maximum Gasteiger partial charge on any atom is 0.0709 e. The zero-order valence-electron chi connectivity index (χ0n) is 14.4. The van der Waals surface area contributed by atoms with E-state index in [1.54, 1.807) is 5.64 Å². The van der Waals surface area contributed by atoms with Gasteiger partial charge < -0.3 is 0 Å². The fraction of sp³-hybridized carbons (Fsp3) is 1.00. The fourth-order valence-electron chi connectivity index (χ4n) is 2.77. The first-order valence-corrected chi connectivity index (χ1v) is 9.42. The van der Waals surface area contributed by atoms with Gasteiger partial charge in [-0.3, -0.25) is 10.0 Å². The van der Waals surface area contributed by atoms with E-state index < -0.39 is 0 Å². The highest BCUT2D eigenvalue weighted by Crippen LogP contribution is 2.13. The van der Waals surface area contributed by atoms with E-state index in [2.05, 4.69) is 11.8 Å². The van der Waals surface area contributed by atoms with Crippen molar-refractivity contribution in [1.29, 1.82) is 0 Å². The summed E-state index contributed by atoms with van der Waals surface area (Å²) in [5, 5.41) is 8.22. The molecule has 0 radical (unpaired) electrons. The highest BCUT2D eigenvalue weighted by Gasteiger charge is 1.94. The van der Waals surface area contributed by atoms with Crippen molar-refractivity contribution >= 4 is 0 Å². The quantitative estimate of drug-likeness (QED) is 0.235. The molecule has 3 nitrogen and oxygen atoms in total. The highest BCUT2D eigenvalue weighted by atomic mass is 16.8. The molecule has 0 bridgehead atoms. The van der Waals surface area contributed by atoms with E-state index in [-0.39, 0.29) is 0 Å². The van der Waals surface area contributed by atoms with Crippen LogP contribution in [0.25, 0.3) is 0 Å². The smallest absolute Gasteiger partial charge is 0.0709 e. The van der Waals surface area contributed by atoms with Gasteiger partial charge >= 0.3 is 0 Å². The Morgan fingerprint density at radius 3 is 1.24 bits per heavy atom. The summed E-state index contributed by atoms with van der Waals surface area (Å²) in [5.41, 5.74) is 1.72. The molecule has 128 valence electrons.